The van der Waals surface area contributed by atoms with E-state index in [-0.39, 0.29) is 0 Å². The van der Waals surface area contributed by atoms with E-state index in [2.05, 4.69) is 61.2 Å². The average molecular weight is 378 g/mol. The van der Waals surface area contributed by atoms with Crippen LogP contribution < -0.4 is 4.74 Å². The molecule has 0 radical (unpaired) electrons. The molecule has 0 saturated carbocycles. The summed E-state index contributed by atoms with van der Waals surface area (Å²) in [6.07, 6.45) is 5.89. The summed E-state index contributed by atoms with van der Waals surface area (Å²) in [6.45, 7) is 5.98. The minimum absolute atomic E-state index is 0.651. The molecule has 3 aromatic carbocycles. The van der Waals surface area contributed by atoms with Gasteiger partial charge >= 0.3 is 0 Å². The molecule has 1 fully saturated rings. The molecule has 3 aromatic rings. The number of hydrogen-bond donors (Lipinski definition) is 0. The number of fused-ring (bicyclic) bond motifs is 3. The summed E-state index contributed by atoms with van der Waals surface area (Å²) >= 11 is 0. The van der Waals surface area contributed by atoms with Gasteiger partial charge in [-0.05, 0) is 24.6 Å². The number of ether oxygens (including phenoxy) is 2. The molecule has 0 amide bonds. The molecular formula is C27H22O2. The summed E-state index contributed by atoms with van der Waals surface area (Å²) < 4.78 is 13.5. The number of para-hydroxylation sites is 1. The van der Waals surface area contributed by atoms with Crippen molar-refractivity contribution >= 4 is 0 Å². The first kappa shape index (κ1) is 17.6. The maximum Gasteiger partial charge on any atom is 0.296 e. The predicted octanol–water partition coefficient (Wildman–Crippen LogP) is 6.26. The molecule has 0 N–H and O–H groups in total. The molecule has 2 nitrogen and oxygen atoms in total. The number of benzene rings is 3. The highest BCUT2D eigenvalue weighted by molar-refractivity contribution is 5.68. The third-order valence-electron chi connectivity index (χ3n) is 5.87. The van der Waals surface area contributed by atoms with Crippen molar-refractivity contribution in [2.24, 2.45) is 0 Å². The van der Waals surface area contributed by atoms with Crippen LogP contribution in [0.3, 0.4) is 0 Å². The zero-order chi connectivity index (χ0) is 19.9. The minimum atomic E-state index is -1.03. The Kier molecular flexibility index (Phi) is 3.95. The van der Waals surface area contributed by atoms with Gasteiger partial charge in [-0.1, -0.05) is 97.6 Å². The van der Waals surface area contributed by atoms with Gasteiger partial charge in [0.05, 0.1) is 0 Å². The standard InChI is InChI=1S/C27H22O2/c1-3-13-22-24(4-2)28-27(21-16-9-6-10-17-21)26(22,20-14-7-5-8-15-20)23-18-11-12-19-25(23)29-27/h3-19H,1H2,2H3/b22-13+,24-4+. The average Bonchev–Trinajstić information content (AvgIpc) is 3.23. The summed E-state index contributed by atoms with van der Waals surface area (Å²) in [6, 6.07) is 28.9. The van der Waals surface area contributed by atoms with Crippen LogP contribution >= 0.6 is 0 Å². The zero-order valence-corrected chi connectivity index (χ0v) is 16.3. The summed E-state index contributed by atoms with van der Waals surface area (Å²) in [5, 5.41) is 0. The highest BCUT2D eigenvalue weighted by Crippen LogP contribution is 2.67. The summed E-state index contributed by atoms with van der Waals surface area (Å²) in [7, 11) is 0. The van der Waals surface area contributed by atoms with E-state index in [0.717, 1.165) is 33.8 Å². The van der Waals surface area contributed by atoms with Gasteiger partial charge in [0.25, 0.3) is 5.79 Å². The topological polar surface area (TPSA) is 18.5 Å². The van der Waals surface area contributed by atoms with Crippen molar-refractivity contribution in [1.82, 2.24) is 0 Å². The Balaban J connectivity index is 1.97. The van der Waals surface area contributed by atoms with Crippen LogP contribution in [0.5, 0.6) is 5.75 Å². The van der Waals surface area contributed by atoms with Gasteiger partial charge in [0, 0.05) is 16.7 Å². The molecular weight excluding hydrogens is 356 g/mol. The van der Waals surface area contributed by atoms with Gasteiger partial charge in [-0.15, -0.1) is 0 Å². The van der Waals surface area contributed by atoms with Gasteiger partial charge in [0.2, 0.25) is 0 Å². The van der Waals surface area contributed by atoms with E-state index in [1.54, 1.807) is 0 Å². The Labute approximate surface area is 171 Å². The molecule has 2 aliphatic heterocycles. The molecule has 2 heterocycles. The predicted molar refractivity (Wildman–Crippen MR) is 116 cm³/mol. The van der Waals surface area contributed by atoms with E-state index in [1.165, 1.54) is 0 Å². The van der Waals surface area contributed by atoms with Gasteiger partial charge in [-0.2, -0.15) is 0 Å². The van der Waals surface area contributed by atoms with Crippen molar-refractivity contribution in [1.29, 1.82) is 0 Å². The summed E-state index contributed by atoms with van der Waals surface area (Å²) in [5.74, 6) is 0.619. The lowest BCUT2D eigenvalue weighted by Gasteiger charge is -2.38. The van der Waals surface area contributed by atoms with Crippen LogP contribution in [-0.2, 0) is 15.9 Å². The smallest absolute Gasteiger partial charge is 0.296 e. The van der Waals surface area contributed by atoms with Crippen LogP contribution in [0.2, 0.25) is 0 Å². The van der Waals surface area contributed by atoms with Crippen LogP contribution in [0.1, 0.15) is 23.6 Å². The molecule has 0 aromatic heterocycles. The highest BCUT2D eigenvalue weighted by atomic mass is 16.7. The van der Waals surface area contributed by atoms with Crippen LogP contribution in [0.25, 0.3) is 0 Å². The second kappa shape index (κ2) is 6.52. The largest absolute Gasteiger partial charge is 0.447 e. The number of allylic oxidation sites excluding steroid dienone is 4. The van der Waals surface area contributed by atoms with Crippen LogP contribution in [0.4, 0.5) is 0 Å². The Morgan fingerprint density at radius 2 is 1.38 bits per heavy atom. The lowest BCUT2D eigenvalue weighted by molar-refractivity contribution is -0.151. The van der Waals surface area contributed by atoms with Gasteiger partial charge in [0.1, 0.15) is 16.9 Å². The van der Waals surface area contributed by atoms with Crippen molar-refractivity contribution in [2.75, 3.05) is 0 Å². The maximum absolute atomic E-state index is 6.74. The fraction of sp³-hybridized carbons (Fsp3) is 0.111. The van der Waals surface area contributed by atoms with E-state index in [9.17, 15) is 0 Å². The first-order valence-electron chi connectivity index (χ1n) is 9.86. The van der Waals surface area contributed by atoms with Crippen molar-refractivity contribution < 1.29 is 9.47 Å². The monoisotopic (exact) mass is 378 g/mol. The maximum atomic E-state index is 6.74. The second-order valence-corrected chi connectivity index (χ2v) is 7.27. The van der Waals surface area contributed by atoms with E-state index in [1.807, 2.05) is 55.5 Å². The third kappa shape index (κ3) is 2.17. The van der Waals surface area contributed by atoms with Crippen molar-refractivity contribution in [2.45, 2.75) is 18.1 Å². The van der Waals surface area contributed by atoms with Crippen LogP contribution in [-0.4, -0.2) is 0 Å². The first-order valence-corrected chi connectivity index (χ1v) is 9.86. The van der Waals surface area contributed by atoms with Crippen LogP contribution in [0, 0.1) is 0 Å². The molecule has 2 atom stereocenters. The van der Waals surface area contributed by atoms with Gasteiger partial charge < -0.3 is 9.47 Å². The fourth-order valence-corrected chi connectivity index (χ4v) is 4.81. The van der Waals surface area contributed by atoms with Crippen molar-refractivity contribution in [3.63, 3.8) is 0 Å². The Hall–Kier alpha value is -3.52. The van der Waals surface area contributed by atoms with E-state index in [0.29, 0.717) is 0 Å². The van der Waals surface area contributed by atoms with Gasteiger partial charge in [0.15, 0.2) is 0 Å². The molecule has 5 rings (SSSR count). The molecule has 0 aliphatic carbocycles. The van der Waals surface area contributed by atoms with E-state index >= 15 is 0 Å². The normalized spacial score (nSPS) is 27.2. The molecule has 2 unspecified atom stereocenters. The van der Waals surface area contributed by atoms with Crippen molar-refractivity contribution in [3.8, 4) is 5.75 Å². The summed E-state index contributed by atoms with van der Waals surface area (Å²) in [4.78, 5) is 0. The number of hydrogen-bond acceptors (Lipinski definition) is 2. The second-order valence-electron chi connectivity index (χ2n) is 7.27. The van der Waals surface area contributed by atoms with E-state index in [4.69, 9.17) is 9.47 Å². The highest BCUT2D eigenvalue weighted by Gasteiger charge is 2.71. The lowest BCUT2D eigenvalue weighted by Crippen LogP contribution is -2.47. The van der Waals surface area contributed by atoms with Gasteiger partial charge in [-0.25, -0.2) is 0 Å². The molecule has 2 aliphatic rings. The van der Waals surface area contributed by atoms with Gasteiger partial charge in [-0.3, -0.25) is 0 Å². The molecule has 29 heavy (non-hydrogen) atoms. The van der Waals surface area contributed by atoms with Crippen molar-refractivity contribution in [3.05, 3.63) is 138 Å². The van der Waals surface area contributed by atoms with Crippen LogP contribution in [0.15, 0.2) is 121 Å². The molecule has 0 spiro atoms. The quantitative estimate of drug-likeness (QED) is 0.535. The number of rotatable bonds is 3. The summed E-state index contributed by atoms with van der Waals surface area (Å²) in [5.41, 5.74) is 3.60. The molecule has 1 saturated heterocycles. The lowest BCUT2D eigenvalue weighted by atomic mass is 9.64. The molecule has 0 bridgehead atoms. The Morgan fingerprint density at radius 3 is 2.03 bits per heavy atom. The molecule has 2 heteroatoms. The molecule has 142 valence electrons. The third-order valence-corrected chi connectivity index (χ3v) is 5.87. The van der Waals surface area contributed by atoms with E-state index < -0.39 is 11.2 Å². The Bertz CT molecular complexity index is 1130. The Morgan fingerprint density at radius 1 is 0.759 bits per heavy atom. The zero-order valence-electron chi connectivity index (χ0n) is 16.3. The SMILES string of the molecule is C=C/C=C1\C(=C/C)OC2(c3ccccc3)Oc3ccccc3C12c1ccccc1. The first-order chi connectivity index (χ1) is 14.3. The fourth-order valence-electron chi connectivity index (χ4n) is 4.81. The minimum Gasteiger partial charge on any atom is -0.447 e.